The van der Waals surface area contributed by atoms with E-state index in [1.54, 1.807) is 32.5 Å². The van der Waals surface area contributed by atoms with Gasteiger partial charge in [-0.1, -0.05) is 12.1 Å². The van der Waals surface area contributed by atoms with Gasteiger partial charge in [0.15, 0.2) is 0 Å². The third-order valence-corrected chi connectivity index (χ3v) is 3.59. The molecule has 3 rings (SSSR count). The summed E-state index contributed by atoms with van der Waals surface area (Å²) in [7, 11) is 1.61. The van der Waals surface area contributed by atoms with Gasteiger partial charge in [0.2, 0.25) is 0 Å². The SMILES string of the molecule is COc1cccc(Nc2cc(C(=O)NCc3cccnc3)nc(C)n2)c1. The van der Waals surface area contributed by atoms with Gasteiger partial charge in [0, 0.05) is 36.8 Å². The van der Waals surface area contributed by atoms with Gasteiger partial charge in [-0.25, -0.2) is 9.97 Å². The average molecular weight is 349 g/mol. The minimum atomic E-state index is -0.270. The summed E-state index contributed by atoms with van der Waals surface area (Å²) >= 11 is 0. The number of rotatable bonds is 6. The van der Waals surface area contributed by atoms with Gasteiger partial charge in [0.25, 0.3) is 5.91 Å². The molecule has 0 unspecified atom stereocenters. The first-order chi connectivity index (χ1) is 12.6. The Balaban J connectivity index is 1.73. The van der Waals surface area contributed by atoms with E-state index in [4.69, 9.17) is 4.74 Å². The maximum absolute atomic E-state index is 12.4. The number of pyridine rings is 1. The van der Waals surface area contributed by atoms with E-state index < -0.39 is 0 Å². The lowest BCUT2D eigenvalue weighted by atomic mass is 10.2. The number of ether oxygens (including phenoxy) is 1. The minimum Gasteiger partial charge on any atom is -0.497 e. The van der Waals surface area contributed by atoms with Crippen molar-refractivity contribution < 1.29 is 9.53 Å². The second-order valence-electron chi connectivity index (χ2n) is 5.59. The number of carbonyl (C=O) groups excluding carboxylic acids is 1. The number of anilines is 2. The van der Waals surface area contributed by atoms with Gasteiger partial charge in [-0.2, -0.15) is 0 Å². The Labute approximate surface area is 151 Å². The van der Waals surface area contributed by atoms with Gasteiger partial charge in [-0.05, 0) is 30.7 Å². The molecule has 0 aliphatic heterocycles. The Bertz CT molecular complexity index is 899. The maximum Gasteiger partial charge on any atom is 0.270 e. The van der Waals surface area contributed by atoms with E-state index in [0.29, 0.717) is 23.9 Å². The zero-order chi connectivity index (χ0) is 18.4. The Hall–Kier alpha value is -3.48. The molecule has 2 aromatic heterocycles. The quantitative estimate of drug-likeness (QED) is 0.711. The Morgan fingerprint density at radius 2 is 2.04 bits per heavy atom. The highest BCUT2D eigenvalue weighted by molar-refractivity contribution is 5.93. The van der Waals surface area contributed by atoms with Crippen LogP contribution < -0.4 is 15.4 Å². The van der Waals surface area contributed by atoms with Crippen molar-refractivity contribution in [2.24, 2.45) is 0 Å². The number of nitrogens with zero attached hydrogens (tertiary/aromatic N) is 3. The Morgan fingerprint density at radius 3 is 2.81 bits per heavy atom. The van der Waals surface area contributed by atoms with Crippen molar-refractivity contribution in [3.8, 4) is 5.75 Å². The van der Waals surface area contributed by atoms with Gasteiger partial charge in [-0.3, -0.25) is 9.78 Å². The molecule has 2 heterocycles. The fourth-order valence-corrected chi connectivity index (χ4v) is 2.37. The fraction of sp³-hybridized carbons (Fsp3) is 0.158. The van der Waals surface area contributed by atoms with Crippen LogP contribution in [-0.4, -0.2) is 28.0 Å². The van der Waals surface area contributed by atoms with E-state index in [1.165, 1.54) is 0 Å². The zero-order valence-corrected chi connectivity index (χ0v) is 14.6. The van der Waals surface area contributed by atoms with Crippen molar-refractivity contribution in [2.75, 3.05) is 12.4 Å². The van der Waals surface area contributed by atoms with Crippen molar-refractivity contribution in [1.82, 2.24) is 20.3 Å². The predicted molar refractivity (Wildman–Crippen MR) is 98.5 cm³/mol. The van der Waals surface area contributed by atoms with Crippen molar-refractivity contribution >= 4 is 17.4 Å². The van der Waals surface area contributed by atoms with Crippen molar-refractivity contribution in [3.63, 3.8) is 0 Å². The molecular formula is C19H19N5O2. The first-order valence-electron chi connectivity index (χ1n) is 8.08. The third-order valence-electron chi connectivity index (χ3n) is 3.59. The second kappa shape index (κ2) is 8.06. The van der Waals surface area contributed by atoms with Gasteiger partial charge >= 0.3 is 0 Å². The molecule has 7 heteroatoms. The lowest BCUT2D eigenvalue weighted by molar-refractivity contribution is 0.0945. The van der Waals surface area contributed by atoms with Crippen LogP contribution in [0.15, 0.2) is 54.9 Å². The average Bonchev–Trinajstić information content (AvgIpc) is 2.66. The Morgan fingerprint density at radius 1 is 1.15 bits per heavy atom. The van der Waals surface area contributed by atoms with E-state index in [9.17, 15) is 4.79 Å². The highest BCUT2D eigenvalue weighted by Crippen LogP contribution is 2.20. The van der Waals surface area contributed by atoms with Crippen molar-refractivity contribution in [1.29, 1.82) is 0 Å². The summed E-state index contributed by atoms with van der Waals surface area (Å²) < 4.78 is 5.21. The van der Waals surface area contributed by atoms with Crippen molar-refractivity contribution in [3.05, 3.63) is 71.9 Å². The molecule has 3 aromatic rings. The molecule has 0 saturated carbocycles. The topological polar surface area (TPSA) is 89.0 Å². The summed E-state index contributed by atoms with van der Waals surface area (Å²) in [6, 6.07) is 12.8. The number of methoxy groups -OCH3 is 1. The molecule has 7 nitrogen and oxygen atoms in total. The molecule has 26 heavy (non-hydrogen) atoms. The first-order valence-corrected chi connectivity index (χ1v) is 8.08. The summed E-state index contributed by atoms with van der Waals surface area (Å²) in [6.07, 6.45) is 3.40. The Kier molecular flexibility index (Phi) is 5.38. The molecule has 0 saturated heterocycles. The highest BCUT2D eigenvalue weighted by Gasteiger charge is 2.11. The molecule has 0 atom stereocenters. The number of hydrogen-bond donors (Lipinski definition) is 2. The van der Waals surface area contributed by atoms with Crippen LogP contribution in [0.4, 0.5) is 11.5 Å². The number of amides is 1. The van der Waals surface area contributed by atoms with Crippen LogP contribution in [0.2, 0.25) is 0 Å². The van der Waals surface area contributed by atoms with E-state index >= 15 is 0 Å². The standard InChI is InChI=1S/C19H19N5O2/c1-13-22-17(19(25)21-12-14-5-4-8-20-11-14)10-18(23-13)24-15-6-3-7-16(9-15)26-2/h3-11H,12H2,1-2H3,(H,21,25)(H,22,23,24). The summed E-state index contributed by atoms with van der Waals surface area (Å²) in [4.78, 5) is 25.0. The largest absolute Gasteiger partial charge is 0.497 e. The third kappa shape index (κ3) is 4.54. The van der Waals surface area contributed by atoms with Gasteiger partial charge in [0.05, 0.1) is 7.11 Å². The van der Waals surface area contributed by atoms with Crippen LogP contribution in [0.5, 0.6) is 5.75 Å². The van der Waals surface area contributed by atoms with E-state index in [2.05, 4.69) is 25.6 Å². The van der Waals surface area contributed by atoms with Crippen LogP contribution in [0.1, 0.15) is 21.9 Å². The van der Waals surface area contributed by atoms with Gasteiger partial charge in [-0.15, -0.1) is 0 Å². The molecule has 0 fully saturated rings. The lowest BCUT2D eigenvalue weighted by Gasteiger charge is -2.10. The smallest absolute Gasteiger partial charge is 0.270 e. The molecule has 1 amide bonds. The number of carbonyl (C=O) groups is 1. The van der Waals surface area contributed by atoms with Gasteiger partial charge < -0.3 is 15.4 Å². The molecule has 0 aliphatic rings. The monoisotopic (exact) mass is 349 g/mol. The molecule has 0 spiro atoms. The molecule has 0 radical (unpaired) electrons. The van der Waals surface area contributed by atoms with E-state index in [1.807, 2.05) is 36.4 Å². The molecule has 132 valence electrons. The fourth-order valence-electron chi connectivity index (χ4n) is 2.37. The number of aromatic nitrogens is 3. The van der Waals surface area contributed by atoms with Crippen LogP contribution >= 0.6 is 0 Å². The maximum atomic E-state index is 12.4. The molecule has 1 aromatic carbocycles. The number of nitrogens with one attached hydrogen (secondary N) is 2. The summed E-state index contributed by atoms with van der Waals surface area (Å²) in [5.41, 5.74) is 2.03. The number of hydrogen-bond acceptors (Lipinski definition) is 6. The van der Waals surface area contributed by atoms with Crippen LogP contribution in [0.25, 0.3) is 0 Å². The number of aryl methyl sites for hydroxylation is 1. The molecule has 2 N–H and O–H groups in total. The van der Waals surface area contributed by atoms with Gasteiger partial charge in [0.1, 0.15) is 23.1 Å². The van der Waals surface area contributed by atoms with Crippen LogP contribution in [-0.2, 0) is 6.54 Å². The predicted octanol–water partition coefficient (Wildman–Crippen LogP) is 2.86. The summed E-state index contributed by atoms with van der Waals surface area (Å²) in [6.45, 7) is 2.13. The highest BCUT2D eigenvalue weighted by atomic mass is 16.5. The second-order valence-corrected chi connectivity index (χ2v) is 5.59. The van der Waals surface area contributed by atoms with E-state index in [0.717, 1.165) is 17.0 Å². The van der Waals surface area contributed by atoms with Crippen LogP contribution in [0, 0.1) is 6.92 Å². The van der Waals surface area contributed by atoms with E-state index in [-0.39, 0.29) is 5.91 Å². The zero-order valence-electron chi connectivity index (χ0n) is 14.6. The lowest BCUT2D eigenvalue weighted by Crippen LogP contribution is -2.24. The first kappa shape index (κ1) is 17.3. The summed E-state index contributed by atoms with van der Waals surface area (Å²) in [5.74, 6) is 1.50. The normalized spacial score (nSPS) is 10.2. The molecule has 0 aliphatic carbocycles. The molecule has 0 bridgehead atoms. The van der Waals surface area contributed by atoms with Crippen molar-refractivity contribution in [2.45, 2.75) is 13.5 Å². The van der Waals surface area contributed by atoms with Crippen LogP contribution in [0.3, 0.4) is 0 Å². The summed E-state index contributed by atoms with van der Waals surface area (Å²) in [5, 5.41) is 6.00. The number of benzene rings is 1. The minimum absolute atomic E-state index is 0.270. The molecular weight excluding hydrogens is 330 g/mol.